The first-order valence-electron chi connectivity index (χ1n) is 8.35. The first kappa shape index (κ1) is 15.2. The molecule has 5 atom stereocenters. The monoisotopic (exact) mass is 333 g/mol. The first-order chi connectivity index (χ1) is 10.9. The second-order valence-corrected chi connectivity index (χ2v) is 9.14. The highest BCUT2D eigenvalue weighted by atomic mass is 32.2. The van der Waals surface area contributed by atoms with E-state index >= 15 is 0 Å². The second kappa shape index (κ2) is 5.06. The molecule has 0 aromatic heterocycles. The van der Waals surface area contributed by atoms with E-state index in [1.807, 2.05) is 6.92 Å². The molecule has 3 fully saturated rings. The summed E-state index contributed by atoms with van der Waals surface area (Å²) >= 11 is 0. The van der Waals surface area contributed by atoms with Crippen molar-refractivity contribution >= 4 is 10.1 Å². The average Bonchev–Trinajstić information content (AvgIpc) is 2.75. The molecule has 0 heterocycles. The molecule has 4 nitrogen and oxygen atoms in total. The summed E-state index contributed by atoms with van der Waals surface area (Å²) < 4.78 is 31.1. The minimum atomic E-state index is -3.91. The number of rotatable bonds is 3. The fourth-order valence-corrected chi connectivity index (χ4v) is 6.38. The van der Waals surface area contributed by atoms with Gasteiger partial charge in [-0.3, -0.25) is 0 Å². The third kappa shape index (κ3) is 2.40. The Morgan fingerprint density at radius 2 is 1.83 bits per heavy atom. The van der Waals surface area contributed by atoms with Gasteiger partial charge in [0.2, 0.25) is 0 Å². The summed E-state index contributed by atoms with van der Waals surface area (Å²) in [6, 6.07) is 8.91. The smallest absolute Gasteiger partial charge is 0.244 e. The van der Waals surface area contributed by atoms with Gasteiger partial charge in [-0.15, -0.1) is 0 Å². The van der Waals surface area contributed by atoms with E-state index in [0.717, 1.165) is 31.2 Å². The molecule has 3 aliphatic rings. The van der Waals surface area contributed by atoms with Crippen molar-refractivity contribution in [3.05, 3.63) is 29.8 Å². The minimum absolute atomic E-state index is 0.0662. The van der Waals surface area contributed by atoms with Crippen LogP contribution in [0.15, 0.2) is 29.2 Å². The zero-order valence-corrected chi connectivity index (χ0v) is 14.1. The highest BCUT2D eigenvalue weighted by molar-refractivity contribution is 7.86. The van der Waals surface area contributed by atoms with Gasteiger partial charge in [0.1, 0.15) is 0 Å². The molecule has 1 aromatic carbocycles. The number of hydrogen-bond donors (Lipinski definition) is 0. The van der Waals surface area contributed by atoms with Gasteiger partial charge in [0.25, 0.3) is 10.1 Å². The molecule has 3 aliphatic carbocycles. The average molecular weight is 333 g/mol. The van der Waals surface area contributed by atoms with Crippen LogP contribution in [-0.2, 0) is 14.3 Å². The lowest BCUT2D eigenvalue weighted by molar-refractivity contribution is -0.0121. The summed E-state index contributed by atoms with van der Waals surface area (Å²) in [5.74, 6) is 1.62. The summed E-state index contributed by atoms with van der Waals surface area (Å²) in [5, 5.41) is 9.84. The molecule has 3 saturated carbocycles. The van der Waals surface area contributed by atoms with Crippen LogP contribution in [0.4, 0.5) is 0 Å². The number of hydrogen-bond acceptors (Lipinski definition) is 4. The van der Waals surface area contributed by atoms with Gasteiger partial charge in [0.05, 0.1) is 11.0 Å². The zero-order chi connectivity index (χ0) is 16.2. The number of benzene rings is 1. The Bertz CT molecular complexity index is 762. The molecular formula is C18H21NO3S. The quantitative estimate of drug-likeness (QED) is 0.628. The van der Waals surface area contributed by atoms with Gasteiger partial charge < -0.3 is 0 Å². The number of fused-ring (bicyclic) bond motifs is 2. The van der Waals surface area contributed by atoms with E-state index in [2.05, 4.69) is 6.07 Å². The van der Waals surface area contributed by atoms with Crippen molar-refractivity contribution in [2.24, 2.45) is 23.7 Å². The highest BCUT2D eigenvalue weighted by Crippen LogP contribution is 2.60. The van der Waals surface area contributed by atoms with Gasteiger partial charge in [-0.2, -0.15) is 13.7 Å². The van der Waals surface area contributed by atoms with Crippen LogP contribution in [-0.4, -0.2) is 14.0 Å². The Hall–Kier alpha value is -1.38. The lowest BCUT2D eigenvalue weighted by Crippen LogP contribution is -2.48. The van der Waals surface area contributed by atoms with Crippen LogP contribution < -0.4 is 0 Å². The summed E-state index contributed by atoms with van der Waals surface area (Å²) in [4.78, 5) is 0.144. The van der Waals surface area contributed by atoms with Crippen LogP contribution >= 0.6 is 0 Å². The Labute approximate surface area is 137 Å². The second-order valence-electron chi connectivity index (χ2n) is 7.60. The van der Waals surface area contributed by atoms with Crippen LogP contribution in [0.5, 0.6) is 0 Å². The normalized spacial score (nSPS) is 38.4. The fraction of sp³-hybridized carbons (Fsp3) is 0.611. The van der Waals surface area contributed by atoms with Crippen LogP contribution in [0.1, 0.15) is 37.7 Å². The predicted molar refractivity (Wildman–Crippen MR) is 84.8 cm³/mol. The molecule has 5 heteroatoms. The van der Waals surface area contributed by atoms with Crippen molar-refractivity contribution in [1.29, 1.82) is 5.26 Å². The van der Waals surface area contributed by atoms with Crippen LogP contribution in [0.25, 0.3) is 0 Å². The summed E-state index contributed by atoms with van der Waals surface area (Å²) in [7, 11) is -3.91. The number of aryl methyl sites for hydroxylation is 1. The Balaban J connectivity index is 1.68. The standard InChI is InChI=1S/C18H21NO3S/c1-12-2-4-16(5-3-12)23(20,21)22-18(11-19)10-14-6-13-7-15(8-14)17(18)9-13/h2-5,13-15,17H,6-10H2,1H3/t13-,14+,15-,17+,18+/m1/s1/i22+2. The summed E-state index contributed by atoms with van der Waals surface area (Å²) in [5.41, 5.74) is -0.170. The summed E-state index contributed by atoms with van der Waals surface area (Å²) in [6.07, 6.45) is 4.91. The molecule has 23 heavy (non-hydrogen) atoms. The maximum Gasteiger partial charge on any atom is 0.298 e. The van der Waals surface area contributed by atoms with Crippen molar-refractivity contribution in [3.63, 3.8) is 0 Å². The lowest BCUT2D eigenvalue weighted by Gasteiger charge is -2.43. The van der Waals surface area contributed by atoms with Crippen LogP contribution in [0, 0.1) is 41.9 Å². The van der Waals surface area contributed by atoms with E-state index in [-0.39, 0.29) is 10.8 Å². The van der Waals surface area contributed by atoms with E-state index in [9.17, 15) is 13.7 Å². The number of nitrogens with zero attached hydrogens (tertiary/aromatic N) is 1. The van der Waals surface area contributed by atoms with Crippen molar-refractivity contribution in [3.8, 4) is 6.07 Å². The Morgan fingerprint density at radius 1 is 1.13 bits per heavy atom. The largest absolute Gasteiger partial charge is 0.298 e. The zero-order valence-electron chi connectivity index (χ0n) is 13.2. The first-order valence-corrected chi connectivity index (χ1v) is 9.76. The van der Waals surface area contributed by atoms with E-state index in [0.29, 0.717) is 24.2 Å². The highest BCUT2D eigenvalue weighted by Gasteiger charge is 2.59. The molecule has 3 bridgehead atoms. The third-order valence-corrected chi connectivity index (χ3v) is 7.41. The van der Waals surface area contributed by atoms with E-state index < -0.39 is 15.7 Å². The van der Waals surface area contributed by atoms with Crippen molar-refractivity contribution in [2.45, 2.75) is 49.5 Å². The molecule has 0 N–H and O–H groups in total. The van der Waals surface area contributed by atoms with Gasteiger partial charge in [0.15, 0.2) is 5.60 Å². The molecule has 4 rings (SSSR count). The van der Waals surface area contributed by atoms with Crippen molar-refractivity contribution in [1.82, 2.24) is 0 Å². The number of nitriles is 1. The molecule has 0 aliphatic heterocycles. The molecule has 0 spiro atoms. The maximum absolute atomic E-state index is 12.7. The topological polar surface area (TPSA) is 67.2 Å². The molecule has 0 radical (unpaired) electrons. The SMILES string of the molecule is Cc1ccc(S(=O)(=O)[18O][C@]2(C#N)C[C@H]3C[C@@H]4C[C@H](C3)[C@@H]2C4)cc1. The maximum atomic E-state index is 12.7. The van der Waals surface area contributed by atoms with Gasteiger partial charge in [-0.05, 0) is 68.9 Å². The molecule has 122 valence electrons. The minimum Gasteiger partial charge on any atom is -0.244 e. The van der Waals surface area contributed by atoms with Gasteiger partial charge >= 0.3 is 0 Å². The molecule has 0 amide bonds. The third-order valence-electron chi connectivity index (χ3n) is 6.04. The Morgan fingerprint density at radius 3 is 2.52 bits per heavy atom. The molecule has 0 saturated heterocycles. The van der Waals surface area contributed by atoms with E-state index in [1.54, 1.807) is 24.3 Å². The van der Waals surface area contributed by atoms with E-state index in [1.165, 1.54) is 0 Å². The van der Waals surface area contributed by atoms with Gasteiger partial charge in [-0.1, -0.05) is 17.7 Å². The van der Waals surface area contributed by atoms with Gasteiger partial charge in [0, 0.05) is 5.92 Å². The van der Waals surface area contributed by atoms with Crippen molar-refractivity contribution in [2.75, 3.05) is 0 Å². The summed E-state index contributed by atoms with van der Waals surface area (Å²) in [6.45, 7) is 1.91. The van der Waals surface area contributed by atoms with Crippen LogP contribution in [0.3, 0.4) is 0 Å². The predicted octanol–water partition coefficient (Wildman–Crippen LogP) is 3.42. The fourth-order valence-electron chi connectivity index (χ4n) is 5.20. The van der Waals surface area contributed by atoms with E-state index in [4.69, 9.17) is 4.18 Å². The van der Waals surface area contributed by atoms with Crippen molar-refractivity contribution < 1.29 is 12.6 Å². The Kier molecular flexibility index (Phi) is 3.33. The van der Waals surface area contributed by atoms with Gasteiger partial charge in [-0.25, -0.2) is 4.18 Å². The van der Waals surface area contributed by atoms with Crippen LogP contribution in [0.2, 0.25) is 0 Å². The lowest BCUT2D eigenvalue weighted by atomic mass is 9.66. The molecular weight excluding hydrogens is 312 g/mol. The molecule has 1 aromatic rings. The molecule has 0 unspecified atom stereocenters.